The fourth-order valence-electron chi connectivity index (χ4n) is 2.04. The molecule has 1 N–H and O–H groups in total. The minimum Gasteiger partial charge on any atom is -0.452 e. The summed E-state index contributed by atoms with van der Waals surface area (Å²) in [6, 6.07) is 1.72. The molecule has 6 heteroatoms. The predicted octanol–water partition coefficient (Wildman–Crippen LogP) is 2.45. The van der Waals surface area contributed by atoms with E-state index in [1.807, 2.05) is 0 Å². The van der Waals surface area contributed by atoms with Crippen molar-refractivity contribution >= 4 is 11.6 Å². The molecule has 1 saturated heterocycles. The van der Waals surface area contributed by atoms with Crippen LogP contribution in [0.4, 0.5) is 0 Å². The van der Waals surface area contributed by atoms with Crippen molar-refractivity contribution in [2.45, 2.75) is 18.8 Å². The fraction of sp³-hybridized carbons (Fsp3) is 0.455. The second-order valence-electron chi connectivity index (χ2n) is 4.09. The standard InChI is InChI=1S/C11H12ClN3O2/c12-9-8(3-6-16-9)11-14-10(15-17-11)7-1-4-13-5-2-7/h3,6-7,13H,1-2,4-5H2. The van der Waals surface area contributed by atoms with Gasteiger partial charge < -0.3 is 14.3 Å². The molecule has 90 valence electrons. The molecule has 3 rings (SSSR count). The van der Waals surface area contributed by atoms with Crippen molar-refractivity contribution in [2.24, 2.45) is 0 Å². The summed E-state index contributed by atoms with van der Waals surface area (Å²) in [6.45, 7) is 2.00. The number of hydrogen-bond acceptors (Lipinski definition) is 5. The van der Waals surface area contributed by atoms with Crippen LogP contribution in [-0.2, 0) is 0 Å². The summed E-state index contributed by atoms with van der Waals surface area (Å²) in [5.41, 5.74) is 0.652. The second kappa shape index (κ2) is 4.50. The average molecular weight is 254 g/mol. The van der Waals surface area contributed by atoms with E-state index in [2.05, 4.69) is 15.5 Å². The highest BCUT2D eigenvalue weighted by atomic mass is 35.5. The molecule has 0 spiro atoms. The van der Waals surface area contributed by atoms with Gasteiger partial charge in [0.05, 0.1) is 11.8 Å². The Labute approximate surface area is 103 Å². The van der Waals surface area contributed by atoms with Crippen molar-refractivity contribution in [2.75, 3.05) is 13.1 Å². The number of furan rings is 1. The van der Waals surface area contributed by atoms with Crippen LogP contribution in [0.2, 0.25) is 5.22 Å². The predicted molar refractivity (Wildman–Crippen MR) is 61.9 cm³/mol. The fourth-order valence-corrected chi connectivity index (χ4v) is 2.23. The summed E-state index contributed by atoms with van der Waals surface area (Å²) in [5, 5.41) is 7.61. The van der Waals surface area contributed by atoms with E-state index in [0.29, 0.717) is 17.4 Å². The second-order valence-corrected chi connectivity index (χ2v) is 4.43. The van der Waals surface area contributed by atoms with Crippen LogP contribution in [0.25, 0.3) is 11.5 Å². The highest BCUT2D eigenvalue weighted by molar-refractivity contribution is 6.31. The Kier molecular flexibility index (Phi) is 2.86. The van der Waals surface area contributed by atoms with E-state index in [0.717, 1.165) is 31.8 Å². The molecule has 0 saturated carbocycles. The molecular weight excluding hydrogens is 242 g/mol. The van der Waals surface area contributed by atoms with Crippen molar-refractivity contribution in [3.05, 3.63) is 23.4 Å². The van der Waals surface area contributed by atoms with E-state index in [9.17, 15) is 0 Å². The van der Waals surface area contributed by atoms with Crippen molar-refractivity contribution in [1.82, 2.24) is 15.5 Å². The van der Waals surface area contributed by atoms with Gasteiger partial charge in [0, 0.05) is 5.92 Å². The molecule has 5 nitrogen and oxygen atoms in total. The van der Waals surface area contributed by atoms with E-state index in [1.54, 1.807) is 6.07 Å². The maximum atomic E-state index is 5.86. The van der Waals surface area contributed by atoms with Gasteiger partial charge in [-0.05, 0) is 43.6 Å². The first-order valence-corrected chi connectivity index (χ1v) is 6.00. The summed E-state index contributed by atoms with van der Waals surface area (Å²) in [7, 11) is 0. The molecule has 1 fully saturated rings. The van der Waals surface area contributed by atoms with E-state index in [4.69, 9.17) is 20.5 Å². The summed E-state index contributed by atoms with van der Waals surface area (Å²) >= 11 is 5.86. The molecule has 17 heavy (non-hydrogen) atoms. The van der Waals surface area contributed by atoms with Crippen LogP contribution >= 0.6 is 11.6 Å². The molecule has 0 amide bonds. The zero-order valence-electron chi connectivity index (χ0n) is 9.15. The highest BCUT2D eigenvalue weighted by Crippen LogP contribution is 2.30. The van der Waals surface area contributed by atoms with Gasteiger partial charge in [0.1, 0.15) is 0 Å². The molecule has 0 unspecified atom stereocenters. The van der Waals surface area contributed by atoms with Gasteiger partial charge in [0.15, 0.2) is 5.82 Å². The number of halogens is 1. The zero-order chi connectivity index (χ0) is 11.7. The Morgan fingerprint density at radius 3 is 2.88 bits per heavy atom. The maximum absolute atomic E-state index is 5.86. The first-order chi connectivity index (χ1) is 8.34. The normalized spacial score (nSPS) is 17.5. The van der Waals surface area contributed by atoms with E-state index in [1.165, 1.54) is 6.26 Å². The summed E-state index contributed by atoms with van der Waals surface area (Å²) in [6.07, 6.45) is 3.59. The number of rotatable bonds is 2. The molecule has 3 heterocycles. The summed E-state index contributed by atoms with van der Waals surface area (Å²) < 4.78 is 10.2. The lowest BCUT2D eigenvalue weighted by molar-refractivity contribution is 0.392. The Morgan fingerprint density at radius 1 is 1.35 bits per heavy atom. The molecule has 0 aromatic carbocycles. The Bertz CT molecular complexity index is 502. The molecular formula is C11H12ClN3O2. The Hall–Kier alpha value is -1.33. The topological polar surface area (TPSA) is 64.1 Å². The first kappa shape index (κ1) is 10.8. The Morgan fingerprint density at radius 2 is 2.18 bits per heavy atom. The molecule has 2 aromatic rings. The molecule has 0 aliphatic carbocycles. The minimum atomic E-state index is 0.283. The van der Waals surface area contributed by atoms with Gasteiger partial charge in [-0.15, -0.1) is 0 Å². The van der Waals surface area contributed by atoms with Crippen molar-refractivity contribution in [3.8, 4) is 11.5 Å². The lowest BCUT2D eigenvalue weighted by Crippen LogP contribution is -2.27. The third-order valence-electron chi connectivity index (χ3n) is 2.99. The number of nitrogens with one attached hydrogen (secondary N) is 1. The maximum Gasteiger partial charge on any atom is 0.262 e. The van der Waals surface area contributed by atoms with E-state index < -0.39 is 0 Å². The van der Waals surface area contributed by atoms with Gasteiger partial charge in [-0.2, -0.15) is 4.98 Å². The Balaban J connectivity index is 1.85. The summed E-state index contributed by atoms with van der Waals surface area (Å²) in [4.78, 5) is 4.39. The highest BCUT2D eigenvalue weighted by Gasteiger charge is 2.22. The van der Waals surface area contributed by atoms with E-state index in [-0.39, 0.29) is 5.22 Å². The van der Waals surface area contributed by atoms with Crippen LogP contribution in [0.5, 0.6) is 0 Å². The minimum absolute atomic E-state index is 0.283. The summed E-state index contributed by atoms with van der Waals surface area (Å²) in [5.74, 6) is 1.57. The third-order valence-corrected chi connectivity index (χ3v) is 3.29. The van der Waals surface area contributed by atoms with Crippen molar-refractivity contribution in [1.29, 1.82) is 0 Å². The van der Waals surface area contributed by atoms with Gasteiger partial charge in [-0.3, -0.25) is 0 Å². The lowest BCUT2D eigenvalue weighted by atomic mass is 9.98. The van der Waals surface area contributed by atoms with Crippen molar-refractivity contribution in [3.63, 3.8) is 0 Å². The molecule has 1 aliphatic rings. The van der Waals surface area contributed by atoms with E-state index >= 15 is 0 Å². The molecule has 2 aromatic heterocycles. The molecule has 0 atom stereocenters. The van der Waals surface area contributed by atoms with Gasteiger partial charge in [0.2, 0.25) is 5.22 Å². The van der Waals surface area contributed by atoms with Crippen LogP contribution in [0.1, 0.15) is 24.6 Å². The average Bonchev–Trinajstić information content (AvgIpc) is 2.98. The zero-order valence-corrected chi connectivity index (χ0v) is 9.91. The van der Waals surface area contributed by atoms with Gasteiger partial charge in [-0.25, -0.2) is 0 Å². The first-order valence-electron chi connectivity index (χ1n) is 5.62. The van der Waals surface area contributed by atoms with Crippen LogP contribution in [0, 0.1) is 0 Å². The molecule has 0 bridgehead atoms. The number of piperidine rings is 1. The van der Waals surface area contributed by atoms with Crippen LogP contribution in [0.15, 0.2) is 21.3 Å². The molecule has 1 aliphatic heterocycles. The van der Waals surface area contributed by atoms with Gasteiger partial charge in [-0.1, -0.05) is 5.16 Å². The van der Waals surface area contributed by atoms with Gasteiger partial charge >= 0.3 is 0 Å². The smallest absolute Gasteiger partial charge is 0.262 e. The van der Waals surface area contributed by atoms with Crippen LogP contribution < -0.4 is 5.32 Å². The third kappa shape index (κ3) is 2.08. The lowest BCUT2D eigenvalue weighted by Gasteiger charge is -2.18. The number of aromatic nitrogens is 2. The number of hydrogen-bond donors (Lipinski definition) is 1. The van der Waals surface area contributed by atoms with Crippen LogP contribution in [0.3, 0.4) is 0 Å². The number of nitrogens with zero attached hydrogens (tertiary/aromatic N) is 2. The van der Waals surface area contributed by atoms with Crippen LogP contribution in [-0.4, -0.2) is 23.2 Å². The van der Waals surface area contributed by atoms with Gasteiger partial charge in [0.25, 0.3) is 5.89 Å². The largest absolute Gasteiger partial charge is 0.452 e. The van der Waals surface area contributed by atoms with Crippen molar-refractivity contribution < 1.29 is 8.94 Å². The quantitative estimate of drug-likeness (QED) is 0.891. The SMILES string of the molecule is Clc1occc1-c1nc(C2CCNCC2)no1. The molecule has 0 radical (unpaired) electrons. The monoisotopic (exact) mass is 253 g/mol.